The van der Waals surface area contributed by atoms with Gasteiger partial charge in [-0.1, -0.05) is 49.1 Å². The van der Waals surface area contributed by atoms with Crippen molar-refractivity contribution < 1.29 is 19.1 Å². The minimum Gasteiger partial charge on any atom is -0.489 e. The second kappa shape index (κ2) is 14.4. The number of benzene rings is 3. The van der Waals surface area contributed by atoms with E-state index in [1.807, 2.05) is 71.4 Å². The lowest BCUT2D eigenvalue weighted by Gasteiger charge is -2.22. The molecule has 0 atom stereocenters. The van der Waals surface area contributed by atoms with Crippen molar-refractivity contribution in [1.82, 2.24) is 15.1 Å². The van der Waals surface area contributed by atoms with Gasteiger partial charge in [0.05, 0.1) is 18.0 Å². The monoisotopic (exact) mass is 611 g/mol. The predicted molar refractivity (Wildman–Crippen MR) is 174 cm³/mol. The molecule has 0 radical (unpaired) electrons. The first-order valence-corrected chi connectivity index (χ1v) is 15.5. The van der Waals surface area contributed by atoms with Gasteiger partial charge in [0.25, 0.3) is 5.91 Å². The van der Waals surface area contributed by atoms with Gasteiger partial charge in [-0.15, -0.1) is 0 Å². The molecule has 4 aromatic rings. The van der Waals surface area contributed by atoms with Crippen LogP contribution in [-0.2, 0) is 16.1 Å². The molecule has 1 fully saturated rings. The number of ether oxygens (including phenoxy) is 2. The highest BCUT2D eigenvalue weighted by Gasteiger charge is 2.22. The van der Waals surface area contributed by atoms with Crippen LogP contribution in [0.15, 0.2) is 78.4 Å². The summed E-state index contributed by atoms with van der Waals surface area (Å²) >= 11 is 6.12. The van der Waals surface area contributed by atoms with E-state index in [1.165, 1.54) is 19.3 Å². The Morgan fingerprint density at radius 1 is 1.00 bits per heavy atom. The van der Waals surface area contributed by atoms with Crippen molar-refractivity contribution in [2.45, 2.75) is 58.5 Å². The summed E-state index contributed by atoms with van der Waals surface area (Å²) in [5.74, 6) is 0.627. The third kappa shape index (κ3) is 7.40. The fraction of sp³-hybridized carbons (Fsp3) is 0.306. The van der Waals surface area contributed by atoms with Gasteiger partial charge in [-0.05, 0) is 104 Å². The molecular weight excluding hydrogens is 574 g/mol. The number of amides is 1. The predicted octanol–water partition coefficient (Wildman–Crippen LogP) is 8.15. The van der Waals surface area contributed by atoms with Crippen LogP contribution in [0.4, 0.5) is 0 Å². The molecule has 1 saturated carbocycles. The maximum Gasteiger partial charge on any atom is 0.333 e. The van der Waals surface area contributed by atoms with Gasteiger partial charge in [0.15, 0.2) is 0 Å². The third-order valence-electron chi connectivity index (χ3n) is 7.97. The Balaban J connectivity index is 1.40. The summed E-state index contributed by atoms with van der Waals surface area (Å²) < 4.78 is 13.4. The Labute approximate surface area is 263 Å². The number of halogens is 1. The number of nitrogens with one attached hydrogen (secondary N) is 1. The lowest BCUT2D eigenvalue weighted by atomic mass is 9.86. The first kappa shape index (κ1) is 31.1. The summed E-state index contributed by atoms with van der Waals surface area (Å²) in [5, 5.41) is 8.24. The van der Waals surface area contributed by atoms with E-state index < -0.39 is 0 Å². The first-order valence-electron chi connectivity index (χ1n) is 15.2. The Morgan fingerprint density at radius 3 is 2.41 bits per heavy atom. The largest absolute Gasteiger partial charge is 0.489 e. The van der Waals surface area contributed by atoms with E-state index in [0.29, 0.717) is 34.4 Å². The second-order valence-electron chi connectivity index (χ2n) is 11.0. The molecule has 5 rings (SSSR count). The summed E-state index contributed by atoms with van der Waals surface area (Å²) in [6.45, 7) is 4.17. The molecule has 1 aliphatic carbocycles. The maximum atomic E-state index is 12.4. The molecule has 1 N–H and O–H groups in total. The number of hydrogen-bond donors (Lipinski definition) is 1. The number of hydrogen-bond acceptors (Lipinski definition) is 5. The van der Waals surface area contributed by atoms with E-state index in [9.17, 15) is 9.59 Å². The van der Waals surface area contributed by atoms with Gasteiger partial charge in [0.1, 0.15) is 12.4 Å². The molecule has 0 saturated heterocycles. The molecule has 0 unspecified atom stereocenters. The smallest absolute Gasteiger partial charge is 0.333 e. The Morgan fingerprint density at radius 2 is 1.73 bits per heavy atom. The molecule has 7 nitrogen and oxygen atoms in total. The molecular formula is C36H38ClN3O4. The van der Waals surface area contributed by atoms with E-state index in [-0.39, 0.29) is 18.5 Å². The van der Waals surface area contributed by atoms with Crippen LogP contribution >= 0.6 is 11.6 Å². The lowest BCUT2D eigenvalue weighted by molar-refractivity contribution is -0.138. The number of nitrogens with zero attached hydrogens (tertiary/aromatic N) is 2. The Hall–Kier alpha value is -4.36. The van der Waals surface area contributed by atoms with Crippen molar-refractivity contribution in [2.24, 2.45) is 0 Å². The molecule has 44 heavy (non-hydrogen) atoms. The Kier molecular flexibility index (Phi) is 10.2. The molecule has 0 spiro atoms. The van der Waals surface area contributed by atoms with Gasteiger partial charge < -0.3 is 14.8 Å². The molecule has 0 bridgehead atoms. The highest BCUT2D eigenvalue weighted by molar-refractivity contribution is 6.30. The van der Waals surface area contributed by atoms with Crippen LogP contribution in [0.3, 0.4) is 0 Å². The third-order valence-corrected chi connectivity index (χ3v) is 8.22. The van der Waals surface area contributed by atoms with Gasteiger partial charge in [-0.3, -0.25) is 4.79 Å². The minimum absolute atomic E-state index is 0.155. The van der Waals surface area contributed by atoms with Crippen LogP contribution in [0, 0.1) is 0 Å². The standard InChI is InChI=1S/C36H38ClN3O4/c1-4-43-36(42)24(2)20-30-22-34(26-8-6-5-7-9-26)40(39-30)31-15-17-32(18-16-31)44-23-28-21-27(35(41)38-3)12-19-33(28)25-10-13-29(37)14-11-25/h10-22,26H,4-9,23H2,1-3H3,(H,38,41)/b24-20+. The van der Waals surface area contributed by atoms with Crippen LogP contribution in [-0.4, -0.2) is 35.3 Å². The zero-order valence-corrected chi connectivity index (χ0v) is 26.2. The highest BCUT2D eigenvalue weighted by atomic mass is 35.5. The summed E-state index contributed by atoms with van der Waals surface area (Å²) in [5.41, 5.74) is 6.75. The van der Waals surface area contributed by atoms with Crippen molar-refractivity contribution in [3.63, 3.8) is 0 Å². The zero-order chi connectivity index (χ0) is 31.1. The molecule has 0 aliphatic heterocycles. The van der Waals surface area contributed by atoms with Crippen LogP contribution in [0.5, 0.6) is 5.75 Å². The van der Waals surface area contributed by atoms with Gasteiger partial charge in [-0.2, -0.15) is 5.10 Å². The average molecular weight is 612 g/mol. The van der Waals surface area contributed by atoms with Crippen LogP contribution in [0.2, 0.25) is 5.02 Å². The number of esters is 1. The number of carbonyl (C=O) groups excluding carboxylic acids is 2. The van der Waals surface area contributed by atoms with Crippen molar-refractivity contribution in [3.05, 3.63) is 106 Å². The van der Waals surface area contributed by atoms with E-state index in [2.05, 4.69) is 11.4 Å². The number of aromatic nitrogens is 2. The molecule has 1 heterocycles. The molecule has 1 aliphatic rings. The highest BCUT2D eigenvalue weighted by Crippen LogP contribution is 2.35. The van der Waals surface area contributed by atoms with Crippen molar-refractivity contribution in [1.29, 1.82) is 0 Å². The normalized spacial score (nSPS) is 13.9. The van der Waals surface area contributed by atoms with Gasteiger partial charge >= 0.3 is 5.97 Å². The summed E-state index contributed by atoms with van der Waals surface area (Å²) in [6.07, 6.45) is 7.71. The fourth-order valence-corrected chi connectivity index (χ4v) is 5.79. The molecule has 8 heteroatoms. The summed E-state index contributed by atoms with van der Waals surface area (Å²) in [4.78, 5) is 24.6. The molecule has 1 amide bonds. The van der Waals surface area contributed by atoms with Crippen LogP contribution < -0.4 is 10.1 Å². The van der Waals surface area contributed by atoms with Gasteiger partial charge in [-0.25, -0.2) is 9.48 Å². The SMILES string of the molecule is CCOC(=O)/C(C)=C/c1cc(C2CCCCC2)n(-c2ccc(OCc3cc(C(=O)NC)ccc3-c3ccc(Cl)cc3)cc2)n1. The Bertz CT molecular complexity index is 1640. The molecule has 3 aromatic carbocycles. The summed E-state index contributed by atoms with van der Waals surface area (Å²) in [6, 6.07) is 23.2. The van der Waals surface area contributed by atoms with Crippen LogP contribution in [0.25, 0.3) is 22.9 Å². The van der Waals surface area contributed by atoms with E-state index in [1.54, 1.807) is 27.0 Å². The van der Waals surface area contributed by atoms with Crippen molar-refractivity contribution in [2.75, 3.05) is 13.7 Å². The fourth-order valence-electron chi connectivity index (χ4n) is 5.66. The van der Waals surface area contributed by atoms with Crippen molar-refractivity contribution >= 4 is 29.6 Å². The topological polar surface area (TPSA) is 82.5 Å². The molecule has 228 valence electrons. The van der Waals surface area contributed by atoms with E-state index >= 15 is 0 Å². The van der Waals surface area contributed by atoms with Gasteiger partial charge in [0, 0.05) is 34.8 Å². The van der Waals surface area contributed by atoms with E-state index in [4.69, 9.17) is 26.2 Å². The van der Waals surface area contributed by atoms with Gasteiger partial charge in [0.2, 0.25) is 0 Å². The van der Waals surface area contributed by atoms with Crippen molar-refractivity contribution in [3.8, 4) is 22.6 Å². The van der Waals surface area contributed by atoms with Crippen LogP contribution in [0.1, 0.15) is 79.2 Å². The van der Waals surface area contributed by atoms with E-state index in [0.717, 1.165) is 46.6 Å². The maximum absolute atomic E-state index is 12.4. The zero-order valence-electron chi connectivity index (χ0n) is 25.4. The average Bonchev–Trinajstić information content (AvgIpc) is 3.48. The first-order chi connectivity index (χ1) is 21.4. The lowest BCUT2D eigenvalue weighted by Crippen LogP contribution is -2.18. The number of rotatable bonds is 10. The minimum atomic E-state index is -0.331. The quantitative estimate of drug-likeness (QED) is 0.145. The summed E-state index contributed by atoms with van der Waals surface area (Å²) in [7, 11) is 1.62. The molecule has 1 aromatic heterocycles. The second-order valence-corrected chi connectivity index (χ2v) is 11.5. The number of carbonyl (C=O) groups is 2.